The molecule has 0 saturated heterocycles. The molecule has 19 heavy (non-hydrogen) atoms. The van der Waals surface area contributed by atoms with Crippen molar-refractivity contribution < 1.29 is 4.79 Å². The van der Waals surface area contributed by atoms with Crippen LogP contribution >= 0.6 is 11.6 Å². The van der Waals surface area contributed by atoms with E-state index in [0.717, 1.165) is 12.1 Å². The molecular formula is C15H13ClN2O. The maximum Gasteiger partial charge on any atom is 0.261 e. The Morgan fingerprint density at radius 3 is 2.74 bits per heavy atom. The molecule has 4 heteroatoms. The molecule has 0 radical (unpaired) electrons. The van der Waals surface area contributed by atoms with E-state index >= 15 is 0 Å². The number of fused-ring (bicyclic) bond motifs is 1. The normalized spacial score (nSPS) is 13.4. The fraction of sp³-hybridized carbons (Fsp3) is 0.133. The van der Waals surface area contributed by atoms with Gasteiger partial charge in [-0.05, 0) is 30.2 Å². The van der Waals surface area contributed by atoms with E-state index in [1.807, 2.05) is 24.3 Å². The lowest BCUT2D eigenvalue weighted by Crippen LogP contribution is -2.29. The molecule has 2 aromatic rings. The molecule has 0 spiro atoms. The largest absolute Gasteiger partial charge is 0.398 e. The van der Waals surface area contributed by atoms with Crippen LogP contribution in [-0.4, -0.2) is 12.5 Å². The minimum absolute atomic E-state index is 0.131. The van der Waals surface area contributed by atoms with Crippen LogP contribution in [0.3, 0.4) is 0 Å². The van der Waals surface area contributed by atoms with Gasteiger partial charge in [0.15, 0.2) is 0 Å². The van der Waals surface area contributed by atoms with Gasteiger partial charge in [-0.1, -0.05) is 35.9 Å². The van der Waals surface area contributed by atoms with Gasteiger partial charge in [0, 0.05) is 17.9 Å². The zero-order chi connectivity index (χ0) is 13.4. The van der Waals surface area contributed by atoms with Gasteiger partial charge in [-0.2, -0.15) is 0 Å². The van der Waals surface area contributed by atoms with Gasteiger partial charge in [-0.3, -0.25) is 4.79 Å². The highest BCUT2D eigenvalue weighted by atomic mass is 35.5. The molecule has 0 bridgehead atoms. The number of nitrogens with two attached hydrogens (primary N) is 1. The van der Waals surface area contributed by atoms with Crippen LogP contribution in [0.25, 0.3) is 0 Å². The predicted molar refractivity (Wildman–Crippen MR) is 77.7 cm³/mol. The van der Waals surface area contributed by atoms with Crippen LogP contribution < -0.4 is 10.6 Å². The van der Waals surface area contributed by atoms with Crippen molar-refractivity contribution in [2.24, 2.45) is 0 Å². The van der Waals surface area contributed by atoms with Gasteiger partial charge in [0.25, 0.3) is 5.91 Å². The van der Waals surface area contributed by atoms with E-state index < -0.39 is 0 Å². The number of halogens is 1. The van der Waals surface area contributed by atoms with E-state index in [-0.39, 0.29) is 5.91 Å². The summed E-state index contributed by atoms with van der Waals surface area (Å²) in [6, 6.07) is 13.0. The quantitative estimate of drug-likeness (QED) is 0.811. The van der Waals surface area contributed by atoms with Crippen molar-refractivity contribution in [1.29, 1.82) is 0 Å². The van der Waals surface area contributed by atoms with Crippen LogP contribution in [0.4, 0.5) is 11.4 Å². The van der Waals surface area contributed by atoms with E-state index in [1.165, 1.54) is 5.56 Å². The number of hydrogen-bond donors (Lipinski definition) is 1. The molecule has 1 heterocycles. The molecule has 3 nitrogen and oxygen atoms in total. The van der Waals surface area contributed by atoms with Crippen molar-refractivity contribution in [2.45, 2.75) is 6.42 Å². The molecule has 0 saturated carbocycles. The third-order valence-corrected chi connectivity index (χ3v) is 3.71. The molecule has 3 rings (SSSR count). The maximum absolute atomic E-state index is 12.6. The SMILES string of the molecule is Nc1cccc(Cl)c1C(=O)N1CCc2ccccc21. The number of para-hydroxylation sites is 1. The molecule has 0 unspecified atom stereocenters. The highest BCUT2D eigenvalue weighted by Crippen LogP contribution is 2.31. The maximum atomic E-state index is 12.6. The monoisotopic (exact) mass is 272 g/mol. The standard InChI is InChI=1S/C15H13ClN2O/c16-11-5-3-6-12(17)14(11)15(19)18-9-8-10-4-1-2-7-13(10)18/h1-7H,8-9,17H2. The molecular weight excluding hydrogens is 260 g/mol. The second-order valence-corrected chi connectivity index (χ2v) is 4.95. The molecule has 1 amide bonds. The number of carbonyl (C=O) groups excluding carboxylic acids is 1. The lowest BCUT2D eigenvalue weighted by molar-refractivity contribution is 0.0990. The lowest BCUT2D eigenvalue weighted by Gasteiger charge is -2.19. The van der Waals surface area contributed by atoms with Crippen molar-refractivity contribution >= 4 is 28.9 Å². The van der Waals surface area contributed by atoms with Gasteiger partial charge in [0.05, 0.1) is 10.6 Å². The summed E-state index contributed by atoms with van der Waals surface area (Å²) < 4.78 is 0. The first kappa shape index (κ1) is 12.1. The van der Waals surface area contributed by atoms with Crippen molar-refractivity contribution in [2.75, 3.05) is 17.2 Å². The molecule has 1 aliphatic heterocycles. The summed E-state index contributed by atoms with van der Waals surface area (Å²) in [6.07, 6.45) is 0.867. The lowest BCUT2D eigenvalue weighted by atomic mass is 10.1. The number of anilines is 2. The Kier molecular flexibility index (Phi) is 2.91. The molecule has 0 aromatic heterocycles. The first-order chi connectivity index (χ1) is 9.18. The Balaban J connectivity index is 2.03. The van der Waals surface area contributed by atoms with Gasteiger partial charge in [-0.25, -0.2) is 0 Å². The van der Waals surface area contributed by atoms with Gasteiger partial charge in [0.2, 0.25) is 0 Å². The summed E-state index contributed by atoms with van der Waals surface area (Å²) in [5.41, 5.74) is 8.82. The summed E-state index contributed by atoms with van der Waals surface area (Å²) in [5, 5.41) is 0.398. The number of rotatable bonds is 1. The Morgan fingerprint density at radius 1 is 1.16 bits per heavy atom. The van der Waals surface area contributed by atoms with E-state index in [9.17, 15) is 4.79 Å². The fourth-order valence-electron chi connectivity index (χ4n) is 2.45. The summed E-state index contributed by atoms with van der Waals surface area (Å²) in [7, 11) is 0. The van der Waals surface area contributed by atoms with Crippen LogP contribution in [-0.2, 0) is 6.42 Å². The van der Waals surface area contributed by atoms with Crippen LogP contribution in [0.2, 0.25) is 5.02 Å². The van der Waals surface area contributed by atoms with Gasteiger partial charge < -0.3 is 10.6 Å². The van der Waals surface area contributed by atoms with E-state index in [1.54, 1.807) is 23.1 Å². The van der Waals surface area contributed by atoms with E-state index in [4.69, 9.17) is 17.3 Å². The summed E-state index contributed by atoms with van der Waals surface area (Å²) in [6.45, 7) is 0.669. The molecule has 1 aliphatic rings. The molecule has 2 N–H and O–H groups in total. The molecule has 96 valence electrons. The average molecular weight is 273 g/mol. The number of hydrogen-bond acceptors (Lipinski definition) is 2. The van der Waals surface area contributed by atoms with Crippen molar-refractivity contribution in [3.8, 4) is 0 Å². The number of nitrogen functional groups attached to an aromatic ring is 1. The van der Waals surface area contributed by atoms with Crippen molar-refractivity contribution in [3.05, 3.63) is 58.6 Å². The highest BCUT2D eigenvalue weighted by molar-refractivity contribution is 6.35. The number of nitrogens with zero attached hydrogens (tertiary/aromatic N) is 1. The number of benzene rings is 2. The van der Waals surface area contributed by atoms with Crippen LogP contribution in [0.5, 0.6) is 0 Å². The van der Waals surface area contributed by atoms with Gasteiger partial charge in [-0.15, -0.1) is 0 Å². The zero-order valence-corrected chi connectivity index (χ0v) is 11.0. The Morgan fingerprint density at radius 2 is 1.95 bits per heavy atom. The third kappa shape index (κ3) is 1.96. The number of amides is 1. The topological polar surface area (TPSA) is 46.3 Å². The van der Waals surface area contributed by atoms with E-state index in [2.05, 4.69) is 0 Å². The smallest absolute Gasteiger partial charge is 0.261 e. The Labute approximate surface area is 116 Å². The second-order valence-electron chi connectivity index (χ2n) is 4.54. The van der Waals surface area contributed by atoms with Crippen LogP contribution in [0.1, 0.15) is 15.9 Å². The van der Waals surface area contributed by atoms with Crippen molar-refractivity contribution in [1.82, 2.24) is 0 Å². The summed E-state index contributed by atoms with van der Waals surface area (Å²) >= 11 is 6.10. The molecule has 0 aliphatic carbocycles. The summed E-state index contributed by atoms with van der Waals surface area (Å²) in [5.74, 6) is -0.131. The third-order valence-electron chi connectivity index (χ3n) is 3.39. The molecule has 0 fully saturated rings. The molecule has 0 atom stereocenters. The fourth-order valence-corrected chi connectivity index (χ4v) is 2.71. The minimum atomic E-state index is -0.131. The second kappa shape index (κ2) is 4.59. The van der Waals surface area contributed by atoms with E-state index in [0.29, 0.717) is 22.8 Å². The highest BCUT2D eigenvalue weighted by Gasteiger charge is 2.27. The van der Waals surface area contributed by atoms with Crippen LogP contribution in [0.15, 0.2) is 42.5 Å². The Hall–Kier alpha value is -2.00. The average Bonchev–Trinajstić information content (AvgIpc) is 2.82. The zero-order valence-electron chi connectivity index (χ0n) is 10.3. The van der Waals surface area contributed by atoms with Gasteiger partial charge >= 0.3 is 0 Å². The van der Waals surface area contributed by atoms with Crippen molar-refractivity contribution in [3.63, 3.8) is 0 Å². The first-order valence-electron chi connectivity index (χ1n) is 6.12. The van der Waals surface area contributed by atoms with Crippen LogP contribution in [0, 0.1) is 0 Å². The summed E-state index contributed by atoms with van der Waals surface area (Å²) in [4.78, 5) is 14.4. The predicted octanol–water partition coefficient (Wildman–Crippen LogP) is 3.13. The molecule has 2 aromatic carbocycles. The van der Waals surface area contributed by atoms with Gasteiger partial charge in [0.1, 0.15) is 0 Å². The first-order valence-corrected chi connectivity index (χ1v) is 6.50. The number of carbonyl (C=O) groups is 1. The minimum Gasteiger partial charge on any atom is -0.398 e. The Bertz CT molecular complexity index is 634.